The van der Waals surface area contributed by atoms with Gasteiger partial charge in [0.1, 0.15) is 11.4 Å². The van der Waals surface area contributed by atoms with Crippen LogP contribution in [0.5, 0.6) is 5.75 Å². The number of anilines is 2. The Hall–Kier alpha value is -3.64. The molecule has 2 N–H and O–H groups in total. The van der Waals surface area contributed by atoms with Crippen LogP contribution >= 0.6 is 27.5 Å². The summed E-state index contributed by atoms with van der Waals surface area (Å²) in [7, 11) is 1.78. The minimum absolute atomic E-state index is 0.0827. The number of aryl methyl sites for hydroxylation is 2. The zero-order chi connectivity index (χ0) is 25.1. The molecule has 182 valence electrons. The van der Waals surface area contributed by atoms with E-state index in [1.54, 1.807) is 48.4 Å². The number of aromatic nitrogens is 6. The van der Waals surface area contributed by atoms with E-state index in [0.29, 0.717) is 27.5 Å². The molecular formula is C22H22BrClN8O3. The minimum Gasteiger partial charge on any atom is -0.470 e. The van der Waals surface area contributed by atoms with Gasteiger partial charge < -0.3 is 15.4 Å². The molecule has 4 rings (SSSR count). The number of halogens is 2. The molecule has 35 heavy (non-hydrogen) atoms. The van der Waals surface area contributed by atoms with Gasteiger partial charge >= 0.3 is 0 Å². The molecule has 3 heterocycles. The van der Waals surface area contributed by atoms with Gasteiger partial charge in [-0.1, -0.05) is 11.6 Å². The zero-order valence-electron chi connectivity index (χ0n) is 19.1. The maximum absolute atomic E-state index is 13.0. The zero-order valence-corrected chi connectivity index (χ0v) is 21.5. The van der Waals surface area contributed by atoms with E-state index in [2.05, 4.69) is 41.9 Å². The molecule has 0 bridgehead atoms. The minimum atomic E-state index is -0.487. The van der Waals surface area contributed by atoms with Crippen molar-refractivity contribution in [1.82, 2.24) is 29.3 Å². The van der Waals surface area contributed by atoms with Crippen LogP contribution in [-0.2, 0) is 20.3 Å². The van der Waals surface area contributed by atoms with Crippen LogP contribution < -0.4 is 15.4 Å². The summed E-state index contributed by atoms with van der Waals surface area (Å²) in [4.78, 5) is 25.9. The standard InChI is InChI=1S/C22H22BrClN8O3/c1-4-32-20(22(34)27-17-10-25-30(3)13(17)2)18(11-26-32)28-21(33)16-7-8-31(29-16)12-35-19-6-5-14(24)9-15(19)23/h5-11H,4,12H2,1-3H3,(H,27,34)(H,28,33). The number of carbonyl (C=O) groups is 2. The molecule has 13 heteroatoms. The predicted octanol–water partition coefficient (Wildman–Crippen LogP) is 4.10. The molecule has 0 saturated carbocycles. The molecule has 0 spiro atoms. The van der Waals surface area contributed by atoms with Crippen molar-refractivity contribution in [3.05, 3.63) is 69.4 Å². The third-order valence-corrected chi connectivity index (χ3v) is 6.06. The second-order valence-corrected chi connectivity index (χ2v) is 8.78. The van der Waals surface area contributed by atoms with E-state index in [1.807, 2.05) is 13.8 Å². The molecule has 0 aliphatic heterocycles. The van der Waals surface area contributed by atoms with Crippen molar-refractivity contribution in [2.75, 3.05) is 10.6 Å². The fourth-order valence-electron chi connectivity index (χ4n) is 3.23. The van der Waals surface area contributed by atoms with Crippen molar-refractivity contribution in [2.45, 2.75) is 27.1 Å². The summed E-state index contributed by atoms with van der Waals surface area (Å²) in [6.07, 6.45) is 4.62. The SMILES string of the molecule is CCn1ncc(NC(=O)c2ccn(COc3ccc(Cl)cc3Br)n2)c1C(=O)Nc1cnn(C)c1C. The molecule has 0 aliphatic rings. The Labute approximate surface area is 214 Å². The second kappa shape index (κ2) is 10.3. The molecule has 0 radical (unpaired) electrons. The number of nitrogens with zero attached hydrogens (tertiary/aromatic N) is 6. The topological polar surface area (TPSA) is 121 Å². The number of carbonyl (C=O) groups excluding carboxylic acids is 2. The Morgan fingerprint density at radius 1 is 1.11 bits per heavy atom. The van der Waals surface area contributed by atoms with Crippen LogP contribution in [0.15, 0.2) is 47.3 Å². The highest BCUT2D eigenvalue weighted by Gasteiger charge is 2.22. The quantitative estimate of drug-likeness (QED) is 0.334. The first-order chi connectivity index (χ1) is 16.8. The molecule has 3 aromatic heterocycles. The highest BCUT2D eigenvalue weighted by Crippen LogP contribution is 2.28. The summed E-state index contributed by atoms with van der Waals surface area (Å²) < 4.78 is 11.1. The molecule has 0 saturated heterocycles. The van der Waals surface area contributed by atoms with Crippen LogP contribution in [0.4, 0.5) is 11.4 Å². The fourth-order valence-corrected chi connectivity index (χ4v) is 4.03. The molecule has 1 aromatic carbocycles. The number of rotatable bonds is 8. The molecule has 0 unspecified atom stereocenters. The van der Waals surface area contributed by atoms with Gasteiger partial charge in [-0.3, -0.25) is 19.0 Å². The lowest BCUT2D eigenvalue weighted by Gasteiger charge is -2.10. The molecule has 2 amide bonds. The van der Waals surface area contributed by atoms with E-state index in [-0.39, 0.29) is 23.8 Å². The highest BCUT2D eigenvalue weighted by atomic mass is 79.9. The first kappa shape index (κ1) is 24.5. The van der Waals surface area contributed by atoms with E-state index >= 15 is 0 Å². The molecule has 0 atom stereocenters. The van der Waals surface area contributed by atoms with Gasteiger partial charge in [0.2, 0.25) is 0 Å². The third-order valence-electron chi connectivity index (χ3n) is 5.21. The van der Waals surface area contributed by atoms with Crippen LogP contribution in [0.3, 0.4) is 0 Å². The lowest BCUT2D eigenvalue weighted by Crippen LogP contribution is -2.21. The summed E-state index contributed by atoms with van der Waals surface area (Å²) in [6, 6.07) is 6.72. The van der Waals surface area contributed by atoms with Crippen LogP contribution in [0, 0.1) is 6.92 Å². The Morgan fingerprint density at radius 3 is 2.54 bits per heavy atom. The van der Waals surface area contributed by atoms with Crippen molar-refractivity contribution in [2.24, 2.45) is 7.05 Å². The van der Waals surface area contributed by atoms with E-state index in [1.165, 1.54) is 15.6 Å². The molecule has 4 aromatic rings. The Bertz CT molecular complexity index is 1390. The maximum Gasteiger partial charge on any atom is 0.276 e. The number of nitrogens with one attached hydrogen (secondary N) is 2. The summed E-state index contributed by atoms with van der Waals surface area (Å²) in [5.74, 6) is -0.315. The van der Waals surface area contributed by atoms with E-state index in [9.17, 15) is 9.59 Å². The Balaban J connectivity index is 1.45. The van der Waals surface area contributed by atoms with Crippen molar-refractivity contribution < 1.29 is 14.3 Å². The normalized spacial score (nSPS) is 10.9. The number of benzene rings is 1. The van der Waals surface area contributed by atoms with E-state index in [0.717, 1.165) is 5.69 Å². The number of ether oxygens (including phenoxy) is 1. The Morgan fingerprint density at radius 2 is 1.86 bits per heavy atom. The van der Waals surface area contributed by atoms with Crippen molar-refractivity contribution in [1.29, 1.82) is 0 Å². The van der Waals surface area contributed by atoms with Crippen LogP contribution in [-0.4, -0.2) is 41.2 Å². The van der Waals surface area contributed by atoms with Crippen molar-refractivity contribution in [3.8, 4) is 5.75 Å². The lowest BCUT2D eigenvalue weighted by molar-refractivity contribution is 0.101. The predicted molar refractivity (Wildman–Crippen MR) is 134 cm³/mol. The molecule has 0 fully saturated rings. The number of hydrogen-bond acceptors (Lipinski definition) is 6. The van der Waals surface area contributed by atoms with Crippen LogP contribution in [0.25, 0.3) is 0 Å². The van der Waals surface area contributed by atoms with E-state index < -0.39 is 11.8 Å². The fraction of sp³-hybridized carbons (Fsp3) is 0.227. The van der Waals surface area contributed by atoms with Gasteiger partial charge in [0.25, 0.3) is 11.8 Å². The third kappa shape index (κ3) is 5.38. The summed E-state index contributed by atoms with van der Waals surface area (Å²) in [5.41, 5.74) is 2.02. The summed E-state index contributed by atoms with van der Waals surface area (Å²) in [6.45, 7) is 4.22. The van der Waals surface area contributed by atoms with Gasteiger partial charge in [-0.15, -0.1) is 0 Å². The van der Waals surface area contributed by atoms with Gasteiger partial charge in [0.15, 0.2) is 12.4 Å². The second-order valence-electron chi connectivity index (χ2n) is 7.49. The van der Waals surface area contributed by atoms with E-state index in [4.69, 9.17) is 16.3 Å². The number of hydrogen-bond donors (Lipinski definition) is 2. The van der Waals surface area contributed by atoms with Gasteiger partial charge in [-0.05, 0) is 54.0 Å². The monoisotopic (exact) mass is 560 g/mol. The van der Waals surface area contributed by atoms with Gasteiger partial charge in [0.05, 0.1) is 33.9 Å². The van der Waals surface area contributed by atoms with Crippen LogP contribution in [0.2, 0.25) is 5.02 Å². The molecule has 11 nitrogen and oxygen atoms in total. The molecule has 0 aliphatic carbocycles. The van der Waals surface area contributed by atoms with Gasteiger partial charge in [-0.25, -0.2) is 4.68 Å². The largest absolute Gasteiger partial charge is 0.470 e. The Kier molecular flexibility index (Phi) is 7.22. The number of amides is 2. The maximum atomic E-state index is 13.0. The van der Waals surface area contributed by atoms with Crippen molar-refractivity contribution in [3.63, 3.8) is 0 Å². The van der Waals surface area contributed by atoms with Crippen molar-refractivity contribution >= 4 is 50.7 Å². The average molecular weight is 562 g/mol. The lowest BCUT2D eigenvalue weighted by atomic mass is 10.3. The first-order valence-corrected chi connectivity index (χ1v) is 11.7. The highest BCUT2D eigenvalue weighted by molar-refractivity contribution is 9.10. The van der Waals surface area contributed by atoms with Gasteiger partial charge in [0, 0.05) is 24.8 Å². The average Bonchev–Trinajstić information content (AvgIpc) is 3.54. The smallest absolute Gasteiger partial charge is 0.276 e. The molecular weight excluding hydrogens is 540 g/mol. The first-order valence-electron chi connectivity index (χ1n) is 10.5. The summed E-state index contributed by atoms with van der Waals surface area (Å²) >= 11 is 9.34. The summed E-state index contributed by atoms with van der Waals surface area (Å²) in [5, 5.41) is 18.7. The van der Waals surface area contributed by atoms with Crippen LogP contribution in [0.1, 0.15) is 33.6 Å². The van der Waals surface area contributed by atoms with Gasteiger partial charge in [-0.2, -0.15) is 15.3 Å².